The molecule has 112 valence electrons. The molecule has 0 aliphatic carbocycles. The first-order valence-corrected chi connectivity index (χ1v) is 7.75. The Hall–Kier alpha value is -1.60. The van der Waals surface area contributed by atoms with Crippen LogP contribution in [0, 0.1) is 12.3 Å². The van der Waals surface area contributed by atoms with Crippen LogP contribution in [0.3, 0.4) is 0 Å². The average molecular weight is 281 g/mol. The molecule has 2 aromatic carbocycles. The van der Waals surface area contributed by atoms with Gasteiger partial charge in [0, 0.05) is 12.1 Å². The lowest BCUT2D eigenvalue weighted by Crippen LogP contribution is -2.34. The molecule has 0 aliphatic rings. The van der Waals surface area contributed by atoms with E-state index in [1.165, 1.54) is 16.7 Å². The summed E-state index contributed by atoms with van der Waals surface area (Å²) in [7, 11) is 0. The predicted molar refractivity (Wildman–Crippen MR) is 91.4 cm³/mol. The van der Waals surface area contributed by atoms with Crippen LogP contribution in [0.1, 0.15) is 56.5 Å². The second kappa shape index (κ2) is 6.44. The number of benzene rings is 2. The molecule has 0 amide bonds. The van der Waals surface area contributed by atoms with Gasteiger partial charge in [0.2, 0.25) is 0 Å². The smallest absolute Gasteiger partial charge is 0.0374 e. The van der Waals surface area contributed by atoms with Gasteiger partial charge in [0.05, 0.1) is 0 Å². The van der Waals surface area contributed by atoms with E-state index in [2.05, 4.69) is 94.5 Å². The summed E-state index contributed by atoms with van der Waals surface area (Å²) in [5, 5.41) is 3.81. The number of rotatable bonds is 4. The van der Waals surface area contributed by atoms with Gasteiger partial charge in [0.1, 0.15) is 0 Å². The van der Waals surface area contributed by atoms with E-state index < -0.39 is 0 Å². The lowest BCUT2D eigenvalue weighted by molar-refractivity contribution is 0.254. The van der Waals surface area contributed by atoms with Crippen molar-refractivity contribution < 1.29 is 0 Å². The molecule has 2 aromatic rings. The molecule has 0 aliphatic heterocycles. The summed E-state index contributed by atoms with van der Waals surface area (Å²) in [6, 6.07) is 20.2. The Bertz CT molecular complexity index is 549. The van der Waals surface area contributed by atoms with E-state index in [0.29, 0.717) is 12.1 Å². The van der Waals surface area contributed by atoms with Crippen molar-refractivity contribution in [3.63, 3.8) is 0 Å². The summed E-state index contributed by atoms with van der Waals surface area (Å²) in [4.78, 5) is 0. The van der Waals surface area contributed by atoms with Crippen molar-refractivity contribution in [3.8, 4) is 0 Å². The van der Waals surface area contributed by atoms with Gasteiger partial charge in [-0.05, 0) is 30.4 Å². The standard InChI is InChI=1S/C20H27N/c1-15-11-13-17(14-12-15)16(2)21-19(20(3,4)5)18-9-7-6-8-10-18/h6-14,16,19,21H,1-5H3. The van der Waals surface area contributed by atoms with Crippen LogP contribution in [0.25, 0.3) is 0 Å². The van der Waals surface area contributed by atoms with Crippen molar-refractivity contribution in [3.05, 3.63) is 71.3 Å². The second-order valence-corrected chi connectivity index (χ2v) is 7.01. The molecular weight excluding hydrogens is 254 g/mol. The van der Waals surface area contributed by atoms with Crippen LogP contribution in [-0.4, -0.2) is 0 Å². The van der Waals surface area contributed by atoms with Crippen molar-refractivity contribution in [1.29, 1.82) is 0 Å². The van der Waals surface area contributed by atoms with Crippen LogP contribution in [0.2, 0.25) is 0 Å². The Morgan fingerprint density at radius 1 is 0.810 bits per heavy atom. The van der Waals surface area contributed by atoms with Gasteiger partial charge in [-0.15, -0.1) is 0 Å². The van der Waals surface area contributed by atoms with Crippen LogP contribution >= 0.6 is 0 Å². The average Bonchev–Trinajstić information content (AvgIpc) is 2.45. The monoisotopic (exact) mass is 281 g/mol. The minimum absolute atomic E-state index is 0.167. The third kappa shape index (κ3) is 4.18. The molecule has 0 saturated heterocycles. The first-order valence-electron chi connectivity index (χ1n) is 7.75. The molecule has 1 N–H and O–H groups in total. The Balaban J connectivity index is 2.21. The highest BCUT2D eigenvalue weighted by Gasteiger charge is 2.27. The molecule has 2 rings (SSSR count). The van der Waals surface area contributed by atoms with Gasteiger partial charge >= 0.3 is 0 Å². The molecule has 2 unspecified atom stereocenters. The maximum atomic E-state index is 3.81. The molecule has 0 bridgehead atoms. The highest BCUT2D eigenvalue weighted by molar-refractivity contribution is 5.26. The van der Waals surface area contributed by atoms with Crippen molar-refractivity contribution in [2.24, 2.45) is 5.41 Å². The van der Waals surface area contributed by atoms with E-state index in [9.17, 15) is 0 Å². The fourth-order valence-corrected chi connectivity index (χ4v) is 2.69. The normalized spacial score (nSPS) is 14.7. The largest absolute Gasteiger partial charge is 0.303 e. The Kier molecular flexibility index (Phi) is 4.84. The predicted octanol–water partition coefficient (Wildman–Crippen LogP) is 5.43. The Morgan fingerprint density at radius 2 is 1.38 bits per heavy atom. The van der Waals surface area contributed by atoms with Crippen molar-refractivity contribution in [2.75, 3.05) is 0 Å². The van der Waals surface area contributed by atoms with E-state index in [4.69, 9.17) is 0 Å². The number of nitrogens with one attached hydrogen (secondary N) is 1. The minimum Gasteiger partial charge on any atom is -0.303 e. The van der Waals surface area contributed by atoms with Crippen molar-refractivity contribution in [1.82, 2.24) is 5.32 Å². The van der Waals surface area contributed by atoms with E-state index in [0.717, 1.165) is 0 Å². The maximum absolute atomic E-state index is 3.81. The molecule has 0 aromatic heterocycles. The summed E-state index contributed by atoms with van der Waals surface area (Å²) < 4.78 is 0. The fraction of sp³-hybridized carbons (Fsp3) is 0.400. The molecule has 1 nitrogen and oxygen atoms in total. The van der Waals surface area contributed by atoms with Gasteiger partial charge in [-0.2, -0.15) is 0 Å². The summed E-state index contributed by atoms with van der Waals surface area (Å²) in [6.07, 6.45) is 0. The quantitative estimate of drug-likeness (QED) is 0.787. The van der Waals surface area contributed by atoms with E-state index >= 15 is 0 Å². The molecule has 0 saturated carbocycles. The maximum Gasteiger partial charge on any atom is 0.0374 e. The minimum atomic E-state index is 0.167. The van der Waals surface area contributed by atoms with E-state index in [1.807, 2.05) is 0 Å². The van der Waals surface area contributed by atoms with Crippen molar-refractivity contribution in [2.45, 2.75) is 46.7 Å². The molecule has 0 radical (unpaired) electrons. The molecule has 0 heterocycles. The van der Waals surface area contributed by atoms with Crippen LogP contribution in [0.4, 0.5) is 0 Å². The topological polar surface area (TPSA) is 12.0 Å². The van der Waals surface area contributed by atoms with Gasteiger partial charge in [0.15, 0.2) is 0 Å². The third-order valence-electron chi connectivity index (χ3n) is 3.99. The number of hydrogen-bond acceptors (Lipinski definition) is 1. The zero-order chi connectivity index (χ0) is 15.5. The third-order valence-corrected chi connectivity index (χ3v) is 3.99. The SMILES string of the molecule is Cc1ccc(C(C)NC(c2ccccc2)C(C)(C)C)cc1. The summed E-state index contributed by atoms with van der Waals surface area (Å²) >= 11 is 0. The molecule has 0 fully saturated rings. The molecule has 2 atom stereocenters. The van der Waals surface area contributed by atoms with Crippen LogP contribution in [-0.2, 0) is 0 Å². The molecule has 1 heteroatoms. The summed E-state index contributed by atoms with van der Waals surface area (Å²) in [6.45, 7) is 11.2. The number of aryl methyl sites for hydroxylation is 1. The Labute approximate surface area is 129 Å². The number of hydrogen-bond donors (Lipinski definition) is 1. The fourth-order valence-electron chi connectivity index (χ4n) is 2.69. The van der Waals surface area contributed by atoms with Crippen LogP contribution in [0.15, 0.2) is 54.6 Å². The van der Waals surface area contributed by atoms with Gasteiger partial charge in [-0.3, -0.25) is 0 Å². The molecular formula is C20H27N. The zero-order valence-corrected chi connectivity index (χ0v) is 13.9. The molecule has 0 spiro atoms. The van der Waals surface area contributed by atoms with Crippen molar-refractivity contribution >= 4 is 0 Å². The van der Waals surface area contributed by atoms with Crippen LogP contribution < -0.4 is 5.32 Å². The summed E-state index contributed by atoms with van der Waals surface area (Å²) in [5.41, 5.74) is 4.16. The Morgan fingerprint density at radius 3 is 1.90 bits per heavy atom. The van der Waals surface area contributed by atoms with E-state index in [-0.39, 0.29) is 5.41 Å². The molecule has 21 heavy (non-hydrogen) atoms. The first-order chi connectivity index (χ1) is 9.88. The van der Waals surface area contributed by atoms with Gasteiger partial charge in [-0.1, -0.05) is 80.9 Å². The van der Waals surface area contributed by atoms with Gasteiger partial charge in [-0.25, -0.2) is 0 Å². The first kappa shape index (κ1) is 15.8. The zero-order valence-electron chi connectivity index (χ0n) is 13.9. The highest BCUT2D eigenvalue weighted by Crippen LogP contribution is 2.34. The van der Waals surface area contributed by atoms with E-state index in [1.54, 1.807) is 0 Å². The van der Waals surface area contributed by atoms with Gasteiger partial charge < -0.3 is 5.32 Å². The van der Waals surface area contributed by atoms with Gasteiger partial charge in [0.25, 0.3) is 0 Å². The highest BCUT2D eigenvalue weighted by atomic mass is 15.0. The second-order valence-electron chi connectivity index (χ2n) is 7.01. The van der Waals surface area contributed by atoms with Crippen LogP contribution in [0.5, 0.6) is 0 Å². The lowest BCUT2D eigenvalue weighted by Gasteiger charge is -2.34. The lowest BCUT2D eigenvalue weighted by atomic mass is 9.81. The summed E-state index contributed by atoms with van der Waals surface area (Å²) in [5.74, 6) is 0.